The van der Waals surface area contributed by atoms with E-state index in [0.717, 1.165) is 11.6 Å². The quantitative estimate of drug-likeness (QED) is 0.703. The molecular weight excluding hydrogens is 397 g/mol. The Kier molecular flexibility index (Phi) is 5.16. The standard InChI is InChI=1S/C13H10Cl2F6N4/c1-5(12(16,17)18)10-23-11(22-2)25(24-10)9-7(14)3-6(4-8(9)15)13(19,20)21/h3-5H,1-2H3,(H,22,23,24). The third kappa shape index (κ3) is 3.95. The number of aromatic nitrogens is 3. The van der Waals surface area contributed by atoms with Gasteiger partial charge < -0.3 is 5.32 Å². The third-order valence-corrected chi connectivity index (χ3v) is 3.86. The summed E-state index contributed by atoms with van der Waals surface area (Å²) in [6.45, 7) is 0.856. The van der Waals surface area contributed by atoms with E-state index in [1.165, 1.54) is 7.05 Å². The van der Waals surface area contributed by atoms with Gasteiger partial charge in [-0.1, -0.05) is 23.2 Å². The van der Waals surface area contributed by atoms with E-state index < -0.39 is 39.7 Å². The lowest BCUT2D eigenvalue weighted by atomic mass is 10.1. The Morgan fingerprint density at radius 1 is 1.08 bits per heavy atom. The van der Waals surface area contributed by atoms with E-state index >= 15 is 0 Å². The van der Waals surface area contributed by atoms with Gasteiger partial charge in [0.05, 0.1) is 15.6 Å². The van der Waals surface area contributed by atoms with Gasteiger partial charge in [-0.15, -0.1) is 5.10 Å². The van der Waals surface area contributed by atoms with Crippen LogP contribution in [0.2, 0.25) is 10.0 Å². The number of rotatable bonds is 3. The molecular formula is C13H10Cl2F6N4. The molecule has 0 saturated carbocycles. The van der Waals surface area contributed by atoms with E-state index in [9.17, 15) is 26.3 Å². The molecule has 0 amide bonds. The summed E-state index contributed by atoms with van der Waals surface area (Å²) in [4.78, 5) is 3.71. The van der Waals surface area contributed by atoms with Crippen molar-refractivity contribution in [2.45, 2.75) is 25.2 Å². The highest BCUT2D eigenvalue weighted by atomic mass is 35.5. The Labute approximate surface area is 147 Å². The summed E-state index contributed by atoms with van der Waals surface area (Å²) in [6.07, 6.45) is -9.28. The van der Waals surface area contributed by atoms with Gasteiger partial charge in [-0.3, -0.25) is 0 Å². The molecule has 1 atom stereocenters. The molecule has 1 aromatic heterocycles. The van der Waals surface area contributed by atoms with Crippen molar-refractivity contribution < 1.29 is 26.3 Å². The number of anilines is 1. The van der Waals surface area contributed by atoms with Gasteiger partial charge in [0, 0.05) is 7.05 Å². The average molecular weight is 407 g/mol. The zero-order chi connectivity index (χ0) is 19.2. The predicted molar refractivity (Wildman–Crippen MR) is 80.4 cm³/mol. The number of nitrogens with zero attached hydrogens (tertiary/aromatic N) is 3. The zero-order valence-electron chi connectivity index (χ0n) is 12.6. The normalized spacial score (nSPS) is 13.8. The van der Waals surface area contributed by atoms with Gasteiger partial charge in [0.1, 0.15) is 11.6 Å². The van der Waals surface area contributed by atoms with Gasteiger partial charge in [0.2, 0.25) is 5.95 Å². The SMILES string of the molecule is CNc1nc(C(C)C(F)(F)F)nn1-c1c(Cl)cc(C(F)(F)F)cc1Cl. The van der Waals surface area contributed by atoms with Crippen molar-refractivity contribution in [2.24, 2.45) is 0 Å². The second kappa shape index (κ2) is 6.56. The molecule has 0 saturated heterocycles. The minimum absolute atomic E-state index is 0.158. The third-order valence-electron chi connectivity index (χ3n) is 3.28. The molecule has 12 heteroatoms. The fourth-order valence-corrected chi connectivity index (χ4v) is 2.55. The fraction of sp³-hybridized carbons (Fsp3) is 0.385. The lowest BCUT2D eigenvalue weighted by Crippen LogP contribution is -2.19. The average Bonchev–Trinajstić information content (AvgIpc) is 2.87. The van der Waals surface area contributed by atoms with E-state index in [1.54, 1.807) is 0 Å². The van der Waals surface area contributed by atoms with Crippen molar-refractivity contribution in [1.82, 2.24) is 14.8 Å². The minimum atomic E-state index is -4.68. The lowest BCUT2D eigenvalue weighted by Gasteiger charge is -2.13. The van der Waals surface area contributed by atoms with Crippen LogP contribution in [-0.4, -0.2) is 28.0 Å². The van der Waals surface area contributed by atoms with Crippen LogP contribution in [0.15, 0.2) is 12.1 Å². The zero-order valence-corrected chi connectivity index (χ0v) is 14.1. The summed E-state index contributed by atoms with van der Waals surface area (Å²) < 4.78 is 77.7. The Hall–Kier alpha value is -1.68. The maximum atomic E-state index is 12.8. The van der Waals surface area contributed by atoms with Crippen molar-refractivity contribution in [2.75, 3.05) is 12.4 Å². The Bertz CT molecular complexity index is 761. The highest BCUT2D eigenvalue weighted by molar-refractivity contribution is 6.37. The van der Waals surface area contributed by atoms with Crippen LogP contribution in [0.5, 0.6) is 0 Å². The van der Waals surface area contributed by atoms with Gasteiger partial charge in [-0.05, 0) is 19.1 Å². The summed E-state index contributed by atoms with van der Waals surface area (Å²) >= 11 is 11.7. The molecule has 1 heterocycles. The molecule has 2 rings (SSSR count). The second-order valence-corrected chi connectivity index (χ2v) is 5.82. The first-order valence-corrected chi connectivity index (χ1v) is 7.40. The topological polar surface area (TPSA) is 42.7 Å². The summed E-state index contributed by atoms with van der Waals surface area (Å²) in [5.74, 6) is -2.73. The van der Waals surface area contributed by atoms with Gasteiger partial charge in [0.25, 0.3) is 0 Å². The second-order valence-electron chi connectivity index (χ2n) is 5.00. The van der Waals surface area contributed by atoms with Crippen molar-refractivity contribution in [1.29, 1.82) is 0 Å². The number of hydrogen-bond acceptors (Lipinski definition) is 3. The first-order chi connectivity index (χ1) is 11.4. The summed E-state index contributed by atoms with van der Waals surface area (Å²) in [6, 6.07) is 1.22. The van der Waals surface area contributed by atoms with Crippen LogP contribution >= 0.6 is 23.2 Å². The van der Waals surface area contributed by atoms with Gasteiger partial charge >= 0.3 is 12.4 Å². The molecule has 138 valence electrons. The molecule has 0 aliphatic carbocycles. The maximum absolute atomic E-state index is 12.8. The number of alkyl halides is 6. The molecule has 1 aromatic carbocycles. The Morgan fingerprint density at radius 2 is 1.60 bits per heavy atom. The number of benzene rings is 1. The molecule has 0 aliphatic rings. The number of halogens is 8. The minimum Gasteiger partial charge on any atom is -0.357 e. The summed E-state index contributed by atoms with van der Waals surface area (Å²) in [5.41, 5.74) is -1.31. The van der Waals surface area contributed by atoms with Gasteiger partial charge in [0.15, 0.2) is 5.82 Å². The molecule has 1 N–H and O–H groups in total. The van der Waals surface area contributed by atoms with E-state index in [4.69, 9.17) is 23.2 Å². The summed E-state index contributed by atoms with van der Waals surface area (Å²) in [7, 11) is 1.36. The van der Waals surface area contributed by atoms with Crippen LogP contribution in [0, 0.1) is 0 Å². The Morgan fingerprint density at radius 3 is 2.00 bits per heavy atom. The van der Waals surface area contributed by atoms with E-state index in [0.29, 0.717) is 12.1 Å². The molecule has 0 aliphatic heterocycles. The van der Waals surface area contributed by atoms with E-state index in [2.05, 4.69) is 15.4 Å². The van der Waals surface area contributed by atoms with Crippen molar-refractivity contribution >= 4 is 29.2 Å². The molecule has 0 bridgehead atoms. The first-order valence-electron chi connectivity index (χ1n) is 6.64. The van der Waals surface area contributed by atoms with Gasteiger partial charge in [-0.25, -0.2) is 0 Å². The van der Waals surface area contributed by atoms with Crippen LogP contribution in [0.4, 0.5) is 32.3 Å². The molecule has 0 fully saturated rings. The van der Waals surface area contributed by atoms with Gasteiger partial charge in [-0.2, -0.15) is 36.0 Å². The highest BCUT2D eigenvalue weighted by Crippen LogP contribution is 2.39. The Balaban J connectivity index is 2.61. The van der Waals surface area contributed by atoms with Crippen LogP contribution in [0.3, 0.4) is 0 Å². The smallest absolute Gasteiger partial charge is 0.357 e. The van der Waals surface area contributed by atoms with Crippen LogP contribution in [0.25, 0.3) is 5.69 Å². The molecule has 0 radical (unpaired) electrons. The van der Waals surface area contributed by atoms with Crippen molar-refractivity contribution in [3.05, 3.63) is 33.6 Å². The molecule has 1 unspecified atom stereocenters. The number of hydrogen-bond donors (Lipinski definition) is 1. The van der Waals surface area contributed by atoms with Crippen molar-refractivity contribution in [3.8, 4) is 5.69 Å². The van der Waals surface area contributed by atoms with Crippen LogP contribution in [-0.2, 0) is 6.18 Å². The van der Waals surface area contributed by atoms with Crippen LogP contribution < -0.4 is 5.32 Å². The molecule has 25 heavy (non-hydrogen) atoms. The van der Waals surface area contributed by atoms with E-state index in [-0.39, 0.29) is 11.6 Å². The lowest BCUT2D eigenvalue weighted by molar-refractivity contribution is -0.147. The monoisotopic (exact) mass is 406 g/mol. The fourth-order valence-electron chi connectivity index (χ4n) is 1.91. The van der Waals surface area contributed by atoms with Crippen LogP contribution in [0.1, 0.15) is 24.2 Å². The molecule has 4 nitrogen and oxygen atoms in total. The van der Waals surface area contributed by atoms with E-state index in [1.807, 2.05) is 0 Å². The maximum Gasteiger partial charge on any atom is 0.416 e. The van der Waals surface area contributed by atoms with Crippen molar-refractivity contribution in [3.63, 3.8) is 0 Å². The molecule has 0 spiro atoms. The molecule has 2 aromatic rings. The predicted octanol–water partition coefficient (Wildman–Crippen LogP) is 5.30. The highest BCUT2D eigenvalue weighted by Gasteiger charge is 2.40. The summed E-state index contributed by atoms with van der Waals surface area (Å²) in [5, 5.41) is 5.33. The first kappa shape index (κ1) is 19.6. The number of nitrogens with one attached hydrogen (secondary N) is 1. The largest absolute Gasteiger partial charge is 0.416 e.